The quantitative estimate of drug-likeness (QED) is 0.528. The molecule has 0 unspecified atom stereocenters. The van der Waals surface area contributed by atoms with E-state index in [-0.39, 0.29) is 11.2 Å². The van der Waals surface area contributed by atoms with Crippen LogP contribution in [0.2, 0.25) is 0 Å². The van der Waals surface area contributed by atoms with E-state index in [1.807, 2.05) is 0 Å². The summed E-state index contributed by atoms with van der Waals surface area (Å²) in [7, 11) is 3.42. The standard InChI is InChI=1S/C18H27F2N3O2/c1-21-17(23-13-18(8-5-9-18)10-11-24-2)22-12-14-6-3-4-7-15(14)25-16(19)20/h3-4,6-7,16H,5,8-13H2,1-2H3,(H2,21,22,23). The Balaban J connectivity index is 1.86. The predicted molar refractivity (Wildman–Crippen MR) is 94.1 cm³/mol. The van der Waals surface area contributed by atoms with Gasteiger partial charge in [-0.15, -0.1) is 0 Å². The van der Waals surface area contributed by atoms with Crippen molar-refractivity contribution >= 4 is 5.96 Å². The van der Waals surface area contributed by atoms with Gasteiger partial charge in [-0.05, 0) is 30.7 Å². The number of aliphatic imine (C=N–C) groups is 1. The van der Waals surface area contributed by atoms with Crippen molar-refractivity contribution in [1.29, 1.82) is 0 Å². The van der Waals surface area contributed by atoms with Crippen LogP contribution in [-0.2, 0) is 11.3 Å². The minimum absolute atomic E-state index is 0.177. The van der Waals surface area contributed by atoms with Gasteiger partial charge in [0.1, 0.15) is 5.75 Å². The number of para-hydroxylation sites is 1. The molecule has 0 saturated heterocycles. The third-order valence-corrected chi connectivity index (χ3v) is 4.74. The average molecular weight is 355 g/mol. The smallest absolute Gasteiger partial charge is 0.387 e. The average Bonchev–Trinajstić information content (AvgIpc) is 2.57. The number of methoxy groups -OCH3 is 1. The van der Waals surface area contributed by atoms with Crippen molar-refractivity contribution in [3.63, 3.8) is 0 Å². The van der Waals surface area contributed by atoms with Gasteiger partial charge >= 0.3 is 6.61 Å². The Kier molecular flexibility index (Phi) is 7.43. The van der Waals surface area contributed by atoms with Gasteiger partial charge in [-0.2, -0.15) is 8.78 Å². The van der Waals surface area contributed by atoms with Crippen LogP contribution in [0.5, 0.6) is 5.75 Å². The van der Waals surface area contributed by atoms with Crippen LogP contribution in [0, 0.1) is 5.41 Å². The molecule has 1 aromatic carbocycles. The molecule has 1 aliphatic carbocycles. The summed E-state index contributed by atoms with van der Waals surface area (Å²) in [5.41, 5.74) is 0.924. The van der Waals surface area contributed by atoms with Crippen LogP contribution in [0.15, 0.2) is 29.3 Å². The van der Waals surface area contributed by atoms with Gasteiger partial charge in [0, 0.05) is 39.4 Å². The van der Waals surface area contributed by atoms with Crippen molar-refractivity contribution in [1.82, 2.24) is 10.6 Å². The maximum absolute atomic E-state index is 12.5. The summed E-state index contributed by atoms with van der Waals surface area (Å²) in [4.78, 5) is 4.21. The number of benzene rings is 1. The van der Waals surface area contributed by atoms with Gasteiger partial charge in [-0.3, -0.25) is 4.99 Å². The molecule has 0 spiro atoms. The first-order valence-electron chi connectivity index (χ1n) is 8.55. The van der Waals surface area contributed by atoms with Crippen molar-refractivity contribution in [2.75, 3.05) is 27.3 Å². The second-order valence-electron chi connectivity index (χ2n) is 6.36. The highest BCUT2D eigenvalue weighted by molar-refractivity contribution is 5.79. The second-order valence-corrected chi connectivity index (χ2v) is 6.36. The van der Waals surface area contributed by atoms with Crippen molar-refractivity contribution in [3.05, 3.63) is 29.8 Å². The number of ether oxygens (including phenoxy) is 2. The van der Waals surface area contributed by atoms with E-state index in [4.69, 9.17) is 4.74 Å². The molecule has 0 radical (unpaired) electrons. The first-order chi connectivity index (χ1) is 12.1. The molecule has 0 aliphatic heterocycles. The lowest BCUT2D eigenvalue weighted by molar-refractivity contribution is -0.0504. The number of halogens is 2. The van der Waals surface area contributed by atoms with Gasteiger partial charge in [0.15, 0.2) is 5.96 Å². The van der Waals surface area contributed by atoms with Crippen LogP contribution < -0.4 is 15.4 Å². The van der Waals surface area contributed by atoms with E-state index in [0.29, 0.717) is 18.1 Å². The highest BCUT2D eigenvalue weighted by atomic mass is 19.3. The number of nitrogens with one attached hydrogen (secondary N) is 2. The van der Waals surface area contributed by atoms with Crippen LogP contribution in [0.4, 0.5) is 8.78 Å². The van der Waals surface area contributed by atoms with Crippen LogP contribution in [0.3, 0.4) is 0 Å². The number of nitrogens with zero attached hydrogens (tertiary/aromatic N) is 1. The lowest BCUT2D eigenvalue weighted by Gasteiger charge is -2.42. The molecule has 25 heavy (non-hydrogen) atoms. The van der Waals surface area contributed by atoms with Crippen molar-refractivity contribution < 1.29 is 18.3 Å². The predicted octanol–water partition coefficient (Wildman–Crippen LogP) is 3.16. The first kappa shape index (κ1) is 19.4. The van der Waals surface area contributed by atoms with Crippen LogP contribution >= 0.6 is 0 Å². The Labute approximate surface area is 147 Å². The summed E-state index contributed by atoms with van der Waals surface area (Å²) in [6.45, 7) is -0.900. The number of alkyl halides is 2. The van der Waals surface area contributed by atoms with Gasteiger partial charge in [0.05, 0.1) is 0 Å². The molecular weight excluding hydrogens is 328 g/mol. The summed E-state index contributed by atoms with van der Waals surface area (Å²) in [6, 6.07) is 6.75. The fraction of sp³-hybridized carbons (Fsp3) is 0.611. The Bertz CT molecular complexity index is 563. The lowest BCUT2D eigenvalue weighted by atomic mass is 9.67. The molecule has 2 N–H and O–H groups in total. The zero-order valence-electron chi connectivity index (χ0n) is 14.9. The molecule has 5 nitrogen and oxygen atoms in total. The molecule has 0 amide bonds. The van der Waals surface area contributed by atoms with E-state index in [2.05, 4.69) is 20.4 Å². The monoisotopic (exact) mass is 355 g/mol. The van der Waals surface area contributed by atoms with Crippen molar-refractivity contribution in [2.45, 2.75) is 38.8 Å². The molecule has 0 aromatic heterocycles. The molecule has 1 aromatic rings. The molecule has 7 heteroatoms. The van der Waals surface area contributed by atoms with E-state index < -0.39 is 6.61 Å². The summed E-state index contributed by atoms with van der Waals surface area (Å²) < 4.78 is 34.7. The SMILES string of the molecule is CN=C(NCc1ccccc1OC(F)F)NCC1(CCOC)CCC1. The van der Waals surface area contributed by atoms with Gasteiger partial charge in [0.2, 0.25) is 0 Å². The Morgan fingerprint density at radius 2 is 2.04 bits per heavy atom. The van der Waals surface area contributed by atoms with E-state index in [1.54, 1.807) is 32.4 Å². The molecule has 0 atom stereocenters. The van der Waals surface area contributed by atoms with Crippen LogP contribution in [0.25, 0.3) is 0 Å². The molecule has 2 rings (SSSR count). The van der Waals surface area contributed by atoms with Crippen molar-refractivity contribution in [2.24, 2.45) is 10.4 Å². The molecule has 140 valence electrons. The maximum atomic E-state index is 12.5. The summed E-state index contributed by atoms with van der Waals surface area (Å²) in [5, 5.41) is 6.50. The fourth-order valence-electron chi connectivity index (χ4n) is 3.04. The molecule has 0 heterocycles. The molecule has 1 saturated carbocycles. The maximum Gasteiger partial charge on any atom is 0.387 e. The zero-order valence-corrected chi connectivity index (χ0v) is 14.9. The molecule has 1 fully saturated rings. The summed E-state index contributed by atoms with van der Waals surface area (Å²) >= 11 is 0. The minimum Gasteiger partial charge on any atom is -0.434 e. The Morgan fingerprint density at radius 3 is 2.64 bits per heavy atom. The molecule has 1 aliphatic rings. The van der Waals surface area contributed by atoms with Crippen LogP contribution in [-0.4, -0.2) is 39.9 Å². The first-order valence-corrected chi connectivity index (χ1v) is 8.55. The van der Waals surface area contributed by atoms with Gasteiger partial charge in [0.25, 0.3) is 0 Å². The van der Waals surface area contributed by atoms with E-state index in [1.165, 1.54) is 25.3 Å². The largest absolute Gasteiger partial charge is 0.434 e. The molecular formula is C18H27F2N3O2. The number of rotatable bonds is 9. The minimum atomic E-state index is -2.84. The zero-order chi connectivity index (χ0) is 18.1. The van der Waals surface area contributed by atoms with Gasteiger partial charge in [-0.25, -0.2) is 0 Å². The third-order valence-electron chi connectivity index (χ3n) is 4.74. The van der Waals surface area contributed by atoms with E-state index in [0.717, 1.165) is 19.6 Å². The summed E-state index contributed by atoms with van der Waals surface area (Å²) in [6.07, 6.45) is 4.64. The second kappa shape index (κ2) is 9.56. The van der Waals surface area contributed by atoms with E-state index in [9.17, 15) is 8.78 Å². The normalized spacial score (nSPS) is 16.4. The summed E-state index contributed by atoms with van der Waals surface area (Å²) in [5.74, 6) is 0.826. The number of hydrogen-bond acceptors (Lipinski definition) is 3. The van der Waals surface area contributed by atoms with Crippen molar-refractivity contribution in [3.8, 4) is 5.75 Å². The number of hydrogen-bond donors (Lipinski definition) is 2. The highest BCUT2D eigenvalue weighted by Crippen LogP contribution is 2.43. The van der Waals surface area contributed by atoms with Gasteiger partial charge < -0.3 is 20.1 Å². The Hall–Kier alpha value is -1.89. The van der Waals surface area contributed by atoms with Gasteiger partial charge in [-0.1, -0.05) is 24.6 Å². The van der Waals surface area contributed by atoms with E-state index >= 15 is 0 Å². The fourth-order valence-corrected chi connectivity index (χ4v) is 3.04. The third kappa shape index (κ3) is 5.85. The Morgan fingerprint density at radius 1 is 1.28 bits per heavy atom. The number of guanidine groups is 1. The topological polar surface area (TPSA) is 54.9 Å². The molecule has 0 bridgehead atoms. The lowest BCUT2D eigenvalue weighted by Crippen LogP contribution is -2.46. The highest BCUT2D eigenvalue weighted by Gasteiger charge is 2.36. The van der Waals surface area contributed by atoms with Crippen LogP contribution in [0.1, 0.15) is 31.2 Å².